The van der Waals surface area contributed by atoms with E-state index in [0.29, 0.717) is 5.41 Å². The highest BCUT2D eigenvalue weighted by Gasteiger charge is 2.33. The van der Waals surface area contributed by atoms with Crippen molar-refractivity contribution in [2.24, 2.45) is 11.3 Å². The molecule has 2 fully saturated rings. The summed E-state index contributed by atoms with van der Waals surface area (Å²) < 4.78 is 5.44. The molecule has 2 aliphatic rings. The molecule has 0 atom stereocenters. The molecule has 17 heavy (non-hydrogen) atoms. The van der Waals surface area contributed by atoms with Crippen molar-refractivity contribution in [2.45, 2.75) is 58.9 Å². The first-order valence-corrected chi connectivity index (χ1v) is 7.45. The molecule has 0 aromatic heterocycles. The molecule has 0 unspecified atom stereocenters. The summed E-state index contributed by atoms with van der Waals surface area (Å²) in [6.07, 6.45) is 7.01. The molecule has 0 N–H and O–H groups in total. The average molecular weight is 239 g/mol. The molecule has 100 valence electrons. The Morgan fingerprint density at radius 1 is 1.06 bits per heavy atom. The van der Waals surface area contributed by atoms with E-state index >= 15 is 0 Å². The Hall–Kier alpha value is -0.0800. The monoisotopic (exact) mass is 239 g/mol. The molecule has 0 bridgehead atoms. The molecule has 0 aromatic rings. The maximum Gasteiger partial charge on any atom is 0.0594 e. The van der Waals surface area contributed by atoms with Crippen LogP contribution in [-0.4, -0.2) is 37.2 Å². The van der Waals surface area contributed by atoms with Gasteiger partial charge in [0, 0.05) is 19.1 Å². The Morgan fingerprint density at radius 3 is 2.18 bits per heavy atom. The molecule has 0 radical (unpaired) electrons. The zero-order chi connectivity index (χ0) is 12.3. The van der Waals surface area contributed by atoms with Crippen molar-refractivity contribution in [3.63, 3.8) is 0 Å². The van der Waals surface area contributed by atoms with E-state index in [2.05, 4.69) is 25.7 Å². The van der Waals surface area contributed by atoms with Crippen LogP contribution < -0.4 is 0 Å². The van der Waals surface area contributed by atoms with E-state index in [9.17, 15) is 0 Å². The highest BCUT2D eigenvalue weighted by atomic mass is 16.5. The summed E-state index contributed by atoms with van der Waals surface area (Å²) in [5.41, 5.74) is 0.552. The Kier molecular flexibility index (Phi) is 4.48. The third kappa shape index (κ3) is 3.23. The van der Waals surface area contributed by atoms with Gasteiger partial charge in [-0.15, -0.1) is 0 Å². The summed E-state index contributed by atoms with van der Waals surface area (Å²) in [6.45, 7) is 11.5. The highest BCUT2D eigenvalue weighted by Crippen LogP contribution is 2.41. The number of nitrogens with zero attached hydrogens (tertiary/aromatic N) is 1. The van der Waals surface area contributed by atoms with Gasteiger partial charge >= 0.3 is 0 Å². The standard InChI is InChI=1S/C15H29NO/c1-4-15(2,3)13-5-7-14(8-6-13)16-9-11-17-12-10-16/h13-14H,4-12H2,1-3H3/t13-,14-. The molecule has 1 saturated carbocycles. The van der Waals surface area contributed by atoms with Crippen LogP contribution in [-0.2, 0) is 4.74 Å². The summed E-state index contributed by atoms with van der Waals surface area (Å²) in [5.74, 6) is 0.949. The fraction of sp³-hybridized carbons (Fsp3) is 1.00. The first-order valence-electron chi connectivity index (χ1n) is 7.45. The molecular weight excluding hydrogens is 210 g/mol. The van der Waals surface area contributed by atoms with Gasteiger partial charge < -0.3 is 4.74 Å². The number of morpholine rings is 1. The number of hydrogen-bond donors (Lipinski definition) is 0. The summed E-state index contributed by atoms with van der Waals surface area (Å²) >= 11 is 0. The van der Waals surface area contributed by atoms with E-state index in [1.807, 2.05) is 0 Å². The molecule has 2 rings (SSSR count). The van der Waals surface area contributed by atoms with Crippen LogP contribution in [0.3, 0.4) is 0 Å². The van der Waals surface area contributed by atoms with Crippen LogP contribution >= 0.6 is 0 Å². The Labute approximate surface area is 107 Å². The summed E-state index contributed by atoms with van der Waals surface area (Å²) in [4.78, 5) is 2.67. The third-order valence-corrected chi connectivity index (χ3v) is 5.28. The van der Waals surface area contributed by atoms with Crippen LogP contribution in [0.1, 0.15) is 52.9 Å². The smallest absolute Gasteiger partial charge is 0.0594 e. The summed E-state index contributed by atoms with van der Waals surface area (Å²) in [6, 6.07) is 0.850. The summed E-state index contributed by atoms with van der Waals surface area (Å²) in [7, 11) is 0. The van der Waals surface area contributed by atoms with Crippen LogP contribution in [0.4, 0.5) is 0 Å². The van der Waals surface area contributed by atoms with Gasteiger partial charge in [-0.05, 0) is 37.0 Å². The fourth-order valence-electron chi connectivity index (χ4n) is 3.45. The van der Waals surface area contributed by atoms with Crippen LogP contribution in [0.2, 0.25) is 0 Å². The van der Waals surface area contributed by atoms with Gasteiger partial charge in [-0.3, -0.25) is 4.90 Å². The lowest BCUT2D eigenvalue weighted by Gasteiger charge is -2.43. The lowest BCUT2D eigenvalue weighted by molar-refractivity contribution is -0.00208. The van der Waals surface area contributed by atoms with E-state index < -0.39 is 0 Å². The summed E-state index contributed by atoms with van der Waals surface area (Å²) in [5, 5.41) is 0. The first kappa shape index (κ1) is 13.4. The fourth-order valence-corrected chi connectivity index (χ4v) is 3.45. The van der Waals surface area contributed by atoms with Crippen molar-refractivity contribution in [1.82, 2.24) is 4.90 Å². The van der Waals surface area contributed by atoms with Gasteiger partial charge in [0.25, 0.3) is 0 Å². The van der Waals surface area contributed by atoms with Gasteiger partial charge in [0.05, 0.1) is 13.2 Å². The quantitative estimate of drug-likeness (QED) is 0.749. The predicted molar refractivity (Wildman–Crippen MR) is 72.2 cm³/mol. The Balaban J connectivity index is 1.81. The molecule has 0 amide bonds. The lowest BCUT2D eigenvalue weighted by Crippen LogP contribution is -2.45. The Morgan fingerprint density at radius 2 is 1.65 bits per heavy atom. The minimum absolute atomic E-state index is 0.552. The normalized spacial score (nSPS) is 32.6. The zero-order valence-corrected chi connectivity index (χ0v) is 11.9. The van der Waals surface area contributed by atoms with Crippen LogP contribution in [0, 0.1) is 11.3 Å². The zero-order valence-electron chi connectivity index (χ0n) is 11.9. The molecule has 1 saturated heterocycles. The molecule has 2 heteroatoms. The molecule has 1 aliphatic heterocycles. The topological polar surface area (TPSA) is 12.5 Å². The third-order valence-electron chi connectivity index (χ3n) is 5.28. The second-order valence-electron chi connectivity index (χ2n) is 6.50. The van der Waals surface area contributed by atoms with E-state index in [1.54, 1.807) is 0 Å². The second-order valence-corrected chi connectivity index (χ2v) is 6.50. The van der Waals surface area contributed by atoms with Crippen LogP contribution in [0.5, 0.6) is 0 Å². The SMILES string of the molecule is CCC(C)(C)[C@H]1CC[C@H](N2CCOCC2)CC1. The van der Waals surface area contributed by atoms with Gasteiger partial charge in [-0.25, -0.2) is 0 Å². The number of rotatable bonds is 3. The predicted octanol–water partition coefficient (Wildman–Crippen LogP) is 3.31. The molecule has 2 nitrogen and oxygen atoms in total. The highest BCUT2D eigenvalue weighted by molar-refractivity contribution is 4.86. The van der Waals surface area contributed by atoms with Crippen molar-refractivity contribution in [2.75, 3.05) is 26.3 Å². The van der Waals surface area contributed by atoms with E-state index in [-0.39, 0.29) is 0 Å². The van der Waals surface area contributed by atoms with E-state index in [4.69, 9.17) is 4.74 Å². The average Bonchev–Trinajstić information content (AvgIpc) is 2.40. The van der Waals surface area contributed by atoms with Gasteiger partial charge in [-0.1, -0.05) is 27.2 Å². The molecule has 1 heterocycles. The second kappa shape index (κ2) is 5.71. The number of hydrogen-bond acceptors (Lipinski definition) is 2. The molecule has 0 aromatic carbocycles. The minimum Gasteiger partial charge on any atom is -0.379 e. The van der Waals surface area contributed by atoms with Crippen LogP contribution in [0.25, 0.3) is 0 Å². The molecular formula is C15H29NO. The minimum atomic E-state index is 0.552. The van der Waals surface area contributed by atoms with Gasteiger partial charge in [-0.2, -0.15) is 0 Å². The van der Waals surface area contributed by atoms with Crippen molar-refractivity contribution in [3.05, 3.63) is 0 Å². The van der Waals surface area contributed by atoms with Gasteiger partial charge in [0.2, 0.25) is 0 Å². The van der Waals surface area contributed by atoms with Crippen molar-refractivity contribution < 1.29 is 4.74 Å². The number of ether oxygens (including phenoxy) is 1. The lowest BCUT2D eigenvalue weighted by atomic mass is 9.68. The Bertz CT molecular complexity index is 225. The molecule has 0 spiro atoms. The van der Waals surface area contributed by atoms with Crippen molar-refractivity contribution in [1.29, 1.82) is 0 Å². The largest absolute Gasteiger partial charge is 0.379 e. The first-order chi connectivity index (χ1) is 8.13. The van der Waals surface area contributed by atoms with Crippen molar-refractivity contribution in [3.8, 4) is 0 Å². The maximum atomic E-state index is 5.44. The molecule has 1 aliphatic carbocycles. The maximum absolute atomic E-state index is 5.44. The van der Waals surface area contributed by atoms with E-state index in [0.717, 1.165) is 38.3 Å². The van der Waals surface area contributed by atoms with E-state index in [1.165, 1.54) is 32.1 Å². The van der Waals surface area contributed by atoms with Crippen LogP contribution in [0.15, 0.2) is 0 Å². The van der Waals surface area contributed by atoms with Gasteiger partial charge in [0.15, 0.2) is 0 Å². The van der Waals surface area contributed by atoms with Crippen molar-refractivity contribution >= 4 is 0 Å². The van der Waals surface area contributed by atoms with Gasteiger partial charge in [0.1, 0.15) is 0 Å².